The van der Waals surface area contributed by atoms with E-state index in [0.717, 1.165) is 24.1 Å². The van der Waals surface area contributed by atoms with Crippen molar-refractivity contribution in [3.05, 3.63) is 29.6 Å². The Balaban J connectivity index is 1.87. The predicted octanol–water partition coefficient (Wildman–Crippen LogP) is 3.30. The third kappa shape index (κ3) is 3.29. The molecule has 0 bridgehead atoms. The van der Waals surface area contributed by atoms with E-state index in [1.165, 1.54) is 24.8 Å². The van der Waals surface area contributed by atoms with E-state index in [0.29, 0.717) is 6.04 Å². The molecule has 1 N–H and O–H groups in total. The molecule has 2 rings (SSSR count). The van der Waals surface area contributed by atoms with Crippen LogP contribution in [-0.2, 0) is 6.54 Å². The van der Waals surface area contributed by atoms with E-state index in [-0.39, 0.29) is 0 Å². The first-order valence-corrected chi connectivity index (χ1v) is 6.81. The van der Waals surface area contributed by atoms with Crippen molar-refractivity contribution in [3.63, 3.8) is 0 Å². The van der Waals surface area contributed by atoms with Crippen LogP contribution in [0.2, 0.25) is 0 Å². The van der Waals surface area contributed by atoms with Crippen LogP contribution in [0.1, 0.15) is 44.4 Å². The number of aryl methyl sites for hydroxylation is 1. The van der Waals surface area contributed by atoms with Crippen molar-refractivity contribution < 1.29 is 0 Å². The van der Waals surface area contributed by atoms with E-state index in [1.54, 1.807) is 0 Å². The summed E-state index contributed by atoms with van der Waals surface area (Å²) in [5.41, 5.74) is 2.38. The highest BCUT2D eigenvalue weighted by Gasteiger charge is 2.26. The fourth-order valence-electron chi connectivity index (χ4n) is 2.71. The Hall–Kier alpha value is -0.890. The molecule has 1 heterocycles. The average Bonchev–Trinajstić information content (AvgIpc) is 2.33. The zero-order valence-electron chi connectivity index (χ0n) is 11.2. The first-order valence-electron chi connectivity index (χ1n) is 6.81. The van der Waals surface area contributed by atoms with Crippen LogP contribution >= 0.6 is 0 Å². The monoisotopic (exact) mass is 232 g/mol. The van der Waals surface area contributed by atoms with E-state index < -0.39 is 0 Å². The maximum atomic E-state index is 4.44. The lowest BCUT2D eigenvalue weighted by atomic mass is 9.78. The number of aromatic nitrogens is 1. The molecule has 1 saturated carbocycles. The Labute approximate surface area is 105 Å². The predicted molar refractivity (Wildman–Crippen MR) is 71.8 cm³/mol. The molecule has 94 valence electrons. The number of nitrogens with zero attached hydrogens (tertiary/aromatic N) is 1. The summed E-state index contributed by atoms with van der Waals surface area (Å²) in [7, 11) is 0. The van der Waals surface area contributed by atoms with Crippen molar-refractivity contribution in [1.82, 2.24) is 10.3 Å². The molecule has 3 unspecified atom stereocenters. The van der Waals surface area contributed by atoms with Gasteiger partial charge in [0.1, 0.15) is 0 Å². The van der Waals surface area contributed by atoms with Gasteiger partial charge >= 0.3 is 0 Å². The highest BCUT2D eigenvalue weighted by Crippen LogP contribution is 2.29. The Kier molecular flexibility index (Phi) is 4.16. The fraction of sp³-hybridized carbons (Fsp3) is 0.667. The molecule has 0 radical (unpaired) electrons. The van der Waals surface area contributed by atoms with E-state index in [4.69, 9.17) is 0 Å². The molecule has 2 heteroatoms. The fourth-order valence-corrected chi connectivity index (χ4v) is 2.71. The van der Waals surface area contributed by atoms with Gasteiger partial charge in [-0.05, 0) is 36.8 Å². The van der Waals surface area contributed by atoms with E-state index >= 15 is 0 Å². The summed E-state index contributed by atoms with van der Waals surface area (Å²) in [5, 5.41) is 3.68. The zero-order chi connectivity index (χ0) is 12.3. The van der Waals surface area contributed by atoms with Crippen molar-refractivity contribution in [3.8, 4) is 0 Å². The van der Waals surface area contributed by atoms with Crippen LogP contribution in [0, 0.1) is 18.8 Å². The summed E-state index contributed by atoms with van der Waals surface area (Å²) >= 11 is 0. The maximum Gasteiger partial charge on any atom is 0.0541 e. The van der Waals surface area contributed by atoms with Gasteiger partial charge in [-0.25, -0.2) is 0 Å². The quantitative estimate of drug-likeness (QED) is 0.865. The molecule has 1 fully saturated rings. The molecule has 0 saturated heterocycles. The molecule has 0 amide bonds. The van der Waals surface area contributed by atoms with Gasteiger partial charge in [0, 0.05) is 18.8 Å². The van der Waals surface area contributed by atoms with Gasteiger partial charge in [-0.3, -0.25) is 4.98 Å². The molecule has 1 aliphatic carbocycles. The molecule has 1 aromatic heterocycles. The third-order valence-electron chi connectivity index (χ3n) is 4.22. The van der Waals surface area contributed by atoms with E-state index in [1.807, 2.05) is 6.20 Å². The largest absolute Gasteiger partial charge is 0.308 e. The third-order valence-corrected chi connectivity index (χ3v) is 4.22. The van der Waals surface area contributed by atoms with Crippen LogP contribution in [0.4, 0.5) is 0 Å². The molecule has 1 aliphatic rings. The van der Waals surface area contributed by atoms with Crippen molar-refractivity contribution >= 4 is 0 Å². The molecule has 1 aromatic rings. The van der Waals surface area contributed by atoms with Crippen LogP contribution in [0.25, 0.3) is 0 Å². The van der Waals surface area contributed by atoms with Gasteiger partial charge < -0.3 is 5.32 Å². The highest BCUT2D eigenvalue weighted by molar-refractivity contribution is 5.12. The molecule has 0 aromatic carbocycles. The number of pyridine rings is 1. The molecule has 0 spiro atoms. The smallest absolute Gasteiger partial charge is 0.0541 e. The summed E-state index contributed by atoms with van der Waals surface area (Å²) in [6.07, 6.45) is 6.02. The molecule has 3 atom stereocenters. The van der Waals surface area contributed by atoms with Crippen molar-refractivity contribution in [2.75, 3.05) is 0 Å². The Morgan fingerprint density at radius 1 is 1.29 bits per heavy atom. The standard InChI is InChI=1S/C15H24N2/c1-11-7-8-14(16-9-11)10-17-15-6-4-5-12(2)13(15)3/h7-9,12-13,15,17H,4-6,10H2,1-3H3. The minimum atomic E-state index is 0.668. The second kappa shape index (κ2) is 5.63. The number of hydrogen-bond donors (Lipinski definition) is 1. The van der Waals surface area contributed by atoms with Crippen LogP contribution in [0.3, 0.4) is 0 Å². The van der Waals surface area contributed by atoms with Gasteiger partial charge in [0.2, 0.25) is 0 Å². The minimum absolute atomic E-state index is 0.668. The summed E-state index contributed by atoms with van der Waals surface area (Å²) in [6.45, 7) is 7.74. The number of hydrogen-bond acceptors (Lipinski definition) is 2. The van der Waals surface area contributed by atoms with Crippen LogP contribution in [0.15, 0.2) is 18.3 Å². The van der Waals surface area contributed by atoms with Crippen molar-refractivity contribution in [2.45, 2.75) is 52.6 Å². The van der Waals surface area contributed by atoms with Crippen LogP contribution < -0.4 is 5.32 Å². The van der Waals surface area contributed by atoms with Crippen molar-refractivity contribution in [2.24, 2.45) is 11.8 Å². The second-order valence-electron chi connectivity index (χ2n) is 5.58. The molecular formula is C15H24N2. The number of nitrogens with one attached hydrogen (secondary N) is 1. The molecule has 17 heavy (non-hydrogen) atoms. The summed E-state index contributed by atoms with van der Waals surface area (Å²) in [4.78, 5) is 4.44. The van der Waals surface area contributed by atoms with Gasteiger partial charge in [-0.1, -0.05) is 32.8 Å². The summed E-state index contributed by atoms with van der Waals surface area (Å²) in [6, 6.07) is 4.93. The molecular weight excluding hydrogens is 208 g/mol. The van der Waals surface area contributed by atoms with Crippen LogP contribution in [0.5, 0.6) is 0 Å². The van der Waals surface area contributed by atoms with Crippen molar-refractivity contribution in [1.29, 1.82) is 0 Å². The normalized spacial score (nSPS) is 29.2. The van der Waals surface area contributed by atoms with Gasteiger partial charge in [-0.2, -0.15) is 0 Å². The average molecular weight is 232 g/mol. The van der Waals surface area contributed by atoms with Gasteiger partial charge in [0.25, 0.3) is 0 Å². The Bertz CT molecular complexity index is 344. The SMILES string of the molecule is Cc1ccc(CNC2CCCC(C)C2C)nc1. The van der Waals surface area contributed by atoms with Crippen LogP contribution in [-0.4, -0.2) is 11.0 Å². The second-order valence-corrected chi connectivity index (χ2v) is 5.58. The van der Waals surface area contributed by atoms with E-state index in [2.05, 4.69) is 43.2 Å². The summed E-state index contributed by atoms with van der Waals surface area (Å²) in [5.74, 6) is 1.64. The Morgan fingerprint density at radius 3 is 2.82 bits per heavy atom. The molecule has 2 nitrogen and oxygen atoms in total. The molecule has 0 aliphatic heterocycles. The zero-order valence-corrected chi connectivity index (χ0v) is 11.2. The van der Waals surface area contributed by atoms with Gasteiger partial charge in [0.15, 0.2) is 0 Å². The van der Waals surface area contributed by atoms with E-state index in [9.17, 15) is 0 Å². The summed E-state index contributed by atoms with van der Waals surface area (Å²) < 4.78 is 0. The van der Waals surface area contributed by atoms with Gasteiger partial charge in [-0.15, -0.1) is 0 Å². The minimum Gasteiger partial charge on any atom is -0.308 e. The Morgan fingerprint density at radius 2 is 2.12 bits per heavy atom. The topological polar surface area (TPSA) is 24.9 Å². The highest BCUT2D eigenvalue weighted by atomic mass is 14.9. The number of rotatable bonds is 3. The lowest BCUT2D eigenvalue weighted by Gasteiger charge is -2.34. The maximum absolute atomic E-state index is 4.44. The first-order chi connectivity index (χ1) is 8.16. The van der Waals surface area contributed by atoms with Gasteiger partial charge in [0.05, 0.1) is 5.69 Å². The lowest BCUT2D eigenvalue weighted by molar-refractivity contribution is 0.205. The first kappa shape index (κ1) is 12.6. The lowest BCUT2D eigenvalue weighted by Crippen LogP contribution is -2.40.